The molecule has 2 heterocycles. The van der Waals surface area contributed by atoms with Gasteiger partial charge in [0.15, 0.2) is 11.5 Å². The lowest BCUT2D eigenvalue weighted by atomic mass is 10.1. The van der Waals surface area contributed by atoms with Crippen LogP contribution in [0.3, 0.4) is 0 Å². The number of carbonyl (C=O) groups is 3. The van der Waals surface area contributed by atoms with Crippen LogP contribution in [0.2, 0.25) is 10.0 Å². The van der Waals surface area contributed by atoms with Gasteiger partial charge in [-0.25, -0.2) is 0 Å². The molecule has 0 radical (unpaired) electrons. The Labute approximate surface area is 225 Å². The summed E-state index contributed by atoms with van der Waals surface area (Å²) in [6.07, 6.45) is 3.48. The molecule has 0 spiro atoms. The number of hydrogen-bond donors (Lipinski definition) is 0. The monoisotopic (exact) mass is 598 g/mol. The van der Waals surface area contributed by atoms with Crippen molar-refractivity contribution in [2.75, 3.05) is 26.7 Å². The summed E-state index contributed by atoms with van der Waals surface area (Å²) in [4.78, 5) is 40.7. The van der Waals surface area contributed by atoms with Gasteiger partial charge in [-0.15, -0.1) is 0 Å². The predicted octanol–water partition coefficient (Wildman–Crippen LogP) is 6.00. The van der Waals surface area contributed by atoms with Crippen LogP contribution in [0.4, 0.5) is 4.79 Å². The molecule has 35 heavy (non-hydrogen) atoms. The Balaban J connectivity index is 1.50. The number of thioether (sulfide) groups is 1. The van der Waals surface area contributed by atoms with E-state index in [4.69, 9.17) is 32.7 Å². The van der Waals surface area contributed by atoms with Crippen LogP contribution in [-0.2, 0) is 16.2 Å². The zero-order chi connectivity index (χ0) is 25.1. The fraction of sp³-hybridized carbons (Fsp3) is 0.292. The molecule has 2 saturated heterocycles. The van der Waals surface area contributed by atoms with Gasteiger partial charge in [0.05, 0.1) is 12.0 Å². The summed E-state index contributed by atoms with van der Waals surface area (Å²) in [7, 11) is 1.51. The van der Waals surface area contributed by atoms with Crippen LogP contribution < -0.4 is 9.47 Å². The van der Waals surface area contributed by atoms with Crippen LogP contribution in [0.5, 0.6) is 11.5 Å². The summed E-state index contributed by atoms with van der Waals surface area (Å²) in [5.74, 6) is 0.201. The molecule has 0 bridgehead atoms. The second-order valence-electron chi connectivity index (χ2n) is 7.90. The number of carbonyl (C=O) groups excluding carboxylic acids is 3. The van der Waals surface area contributed by atoms with Crippen molar-refractivity contribution in [2.45, 2.75) is 19.4 Å². The number of amides is 3. The Morgan fingerprint density at radius 3 is 2.57 bits per heavy atom. The van der Waals surface area contributed by atoms with E-state index in [0.717, 1.165) is 35.1 Å². The summed E-state index contributed by atoms with van der Waals surface area (Å²) in [6.45, 7) is 1.28. The quantitative estimate of drug-likeness (QED) is 0.363. The maximum absolute atomic E-state index is 12.9. The van der Waals surface area contributed by atoms with Gasteiger partial charge < -0.3 is 14.4 Å². The molecule has 0 aromatic heterocycles. The van der Waals surface area contributed by atoms with Gasteiger partial charge in [-0.2, -0.15) is 0 Å². The van der Waals surface area contributed by atoms with E-state index in [1.807, 2.05) is 0 Å². The Morgan fingerprint density at radius 2 is 1.89 bits per heavy atom. The third-order valence-corrected chi connectivity index (χ3v) is 7.77. The largest absolute Gasteiger partial charge is 0.493 e. The summed E-state index contributed by atoms with van der Waals surface area (Å²) in [6, 6.07) is 8.57. The van der Waals surface area contributed by atoms with Gasteiger partial charge in [-0.3, -0.25) is 19.3 Å². The molecule has 3 amide bonds. The Morgan fingerprint density at radius 1 is 1.14 bits per heavy atom. The first-order valence-electron chi connectivity index (χ1n) is 10.7. The lowest BCUT2D eigenvalue weighted by Crippen LogP contribution is -2.40. The fourth-order valence-electron chi connectivity index (χ4n) is 3.71. The molecule has 4 rings (SSSR count). The summed E-state index contributed by atoms with van der Waals surface area (Å²) < 4.78 is 12.0. The topological polar surface area (TPSA) is 76.2 Å². The number of hydrogen-bond acceptors (Lipinski definition) is 6. The van der Waals surface area contributed by atoms with Crippen LogP contribution in [0.1, 0.15) is 24.0 Å². The predicted molar refractivity (Wildman–Crippen MR) is 140 cm³/mol. The summed E-state index contributed by atoms with van der Waals surface area (Å²) in [5, 5.41) is 0.566. The minimum absolute atomic E-state index is 0.197. The van der Waals surface area contributed by atoms with Crippen molar-refractivity contribution in [3.05, 3.63) is 60.9 Å². The lowest BCUT2D eigenvalue weighted by molar-refractivity contribution is -0.135. The van der Waals surface area contributed by atoms with E-state index in [2.05, 4.69) is 15.9 Å². The number of nitrogens with zero attached hydrogens (tertiary/aromatic N) is 2. The number of imide groups is 1. The molecule has 0 N–H and O–H groups in total. The third kappa shape index (κ3) is 5.97. The first kappa shape index (κ1) is 25.9. The van der Waals surface area contributed by atoms with Crippen molar-refractivity contribution >= 4 is 74.0 Å². The number of likely N-dealkylation sites (tertiary alicyclic amines) is 1. The van der Waals surface area contributed by atoms with Gasteiger partial charge in [0.1, 0.15) is 13.2 Å². The Bertz CT molecular complexity index is 1220. The molecule has 184 valence electrons. The molecule has 7 nitrogen and oxygen atoms in total. The van der Waals surface area contributed by atoms with E-state index >= 15 is 0 Å². The van der Waals surface area contributed by atoms with Crippen LogP contribution in [0.15, 0.2) is 39.7 Å². The highest BCUT2D eigenvalue weighted by molar-refractivity contribution is 9.10. The Hall–Kier alpha value is -2.20. The van der Waals surface area contributed by atoms with Gasteiger partial charge in [0.2, 0.25) is 5.91 Å². The normalized spacial score (nSPS) is 17.0. The van der Waals surface area contributed by atoms with Crippen LogP contribution in [-0.4, -0.2) is 53.6 Å². The molecule has 2 aromatic rings. The van der Waals surface area contributed by atoms with Gasteiger partial charge in [-0.05, 0) is 60.5 Å². The van der Waals surface area contributed by atoms with Crippen molar-refractivity contribution in [1.82, 2.24) is 9.80 Å². The number of ether oxygens (including phenoxy) is 2. The third-order valence-electron chi connectivity index (χ3n) is 5.59. The molecule has 11 heteroatoms. The highest BCUT2D eigenvalue weighted by Crippen LogP contribution is 2.38. The second-order valence-corrected chi connectivity index (χ2v) is 10.6. The molecule has 2 aliphatic heterocycles. The first-order chi connectivity index (χ1) is 16.8. The molecular formula is C24H21BrCl2N2O5S. The number of methoxy groups -OCH3 is 1. The van der Waals surface area contributed by atoms with Crippen molar-refractivity contribution in [1.29, 1.82) is 0 Å². The smallest absolute Gasteiger partial charge is 0.294 e. The standard InChI is InChI=1S/C24H21BrCl2N2O5S/c1-33-19-8-15(17(25)11-20(19)34-13-14-4-5-16(26)10-18(14)27)9-21-23(31)29(24(32)35-21)12-22(30)28-6-2-3-7-28/h4-5,8-11H,2-3,6-7,12-13H2,1H3/b21-9+. The molecule has 0 aliphatic carbocycles. The second kappa shape index (κ2) is 11.2. The number of benzene rings is 2. The van der Waals surface area contributed by atoms with Crippen LogP contribution >= 0.6 is 50.9 Å². The first-order valence-corrected chi connectivity index (χ1v) is 13.1. The van der Waals surface area contributed by atoms with Crippen molar-refractivity contribution in [3.63, 3.8) is 0 Å². The van der Waals surface area contributed by atoms with Gasteiger partial charge in [0.25, 0.3) is 11.1 Å². The van der Waals surface area contributed by atoms with Crippen LogP contribution in [0.25, 0.3) is 6.08 Å². The van der Waals surface area contributed by atoms with E-state index in [9.17, 15) is 14.4 Å². The van der Waals surface area contributed by atoms with E-state index in [1.165, 1.54) is 7.11 Å². The Kier molecular flexibility index (Phi) is 8.31. The minimum atomic E-state index is -0.490. The molecule has 2 aromatic carbocycles. The molecule has 0 atom stereocenters. The fourth-order valence-corrected chi connectivity index (χ4v) is 5.44. The molecule has 0 unspecified atom stereocenters. The van der Waals surface area contributed by atoms with Crippen molar-refractivity contribution in [2.24, 2.45) is 0 Å². The molecule has 2 fully saturated rings. The highest BCUT2D eigenvalue weighted by Gasteiger charge is 2.37. The van der Waals surface area contributed by atoms with E-state index in [1.54, 1.807) is 41.3 Å². The minimum Gasteiger partial charge on any atom is -0.493 e. The van der Waals surface area contributed by atoms with Crippen molar-refractivity contribution in [3.8, 4) is 11.5 Å². The number of halogens is 3. The van der Waals surface area contributed by atoms with E-state index in [-0.39, 0.29) is 24.0 Å². The van der Waals surface area contributed by atoms with Crippen LogP contribution in [0, 0.1) is 0 Å². The van der Waals surface area contributed by atoms with Gasteiger partial charge in [0, 0.05) is 33.2 Å². The lowest BCUT2D eigenvalue weighted by Gasteiger charge is -2.18. The molecular weight excluding hydrogens is 579 g/mol. The van der Waals surface area contributed by atoms with Gasteiger partial charge in [-0.1, -0.05) is 45.2 Å². The summed E-state index contributed by atoms with van der Waals surface area (Å²) in [5.41, 5.74) is 1.38. The van der Waals surface area contributed by atoms with Gasteiger partial charge >= 0.3 is 0 Å². The summed E-state index contributed by atoms with van der Waals surface area (Å²) >= 11 is 16.5. The zero-order valence-corrected chi connectivity index (χ0v) is 22.6. The van der Waals surface area contributed by atoms with E-state index in [0.29, 0.717) is 44.7 Å². The molecule has 0 saturated carbocycles. The average Bonchev–Trinajstić information content (AvgIpc) is 3.45. The van der Waals surface area contributed by atoms with Crippen molar-refractivity contribution < 1.29 is 23.9 Å². The number of rotatable bonds is 7. The zero-order valence-electron chi connectivity index (χ0n) is 18.7. The SMILES string of the molecule is COc1cc(/C=C2/SC(=O)N(CC(=O)N3CCCC3)C2=O)c(Br)cc1OCc1ccc(Cl)cc1Cl. The highest BCUT2D eigenvalue weighted by atomic mass is 79.9. The molecule has 2 aliphatic rings. The maximum atomic E-state index is 12.9. The van der Waals surface area contributed by atoms with E-state index < -0.39 is 11.1 Å². The maximum Gasteiger partial charge on any atom is 0.294 e. The average molecular weight is 600 g/mol.